The average molecular weight is 204 g/mol. The first-order valence-electron chi connectivity index (χ1n) is 4.57. The number of nitrogens with one attached hydrogen (secondary N) is 1. The van der Waals surface area contributed by atoms with Crippen molar-refractivity contribution in [3.05, 3.63) is 54.4 Å². The molecule has 1 heterocycles. The number of nitrogens with zero attached hydrogens (tertiary/aromatic N) is 1. The second kappa shape index (κ2) is 4.30. The molecule has 1 N–H and O–H groups in total. The molecule has 1 aliphatic heterocycles. The Balaban J connectivity index is 2.07. The van der Waals surface area contributed by atoms with E-state index in [-0.39, 0.29) is 0 Å². The van der Waals surface area contributed by atoms with Crippen LogP contribution in [-0.2, 0) is 0 Å². The minimum Gasteiger partial charge on any atom is -0.303 e. The number of aryl methyl sites for hydroxylation is 1. The van der Waals surface area contributed by atoms with Gasteiger partial charge in [-0.25, -0.2) is 0 Å². The van der Waals surface area contributed by atoms with Gasteiger partial charge in [0.05, 0.1) is 0 Å². The standard InChI is InChI=1S/C11H13N2P/c1-10-6-2-3-7-11(10)14-13-9-5-4-8-12-13/h2-9,12,14H,1H3. The quantitative estimate of drug-likeness (QED) is 0.742. The van der Waals surface area contributed by atoms with Gasteiger partial charge in [0.15, 0.2) is 0 Å². The lowest BCUT2D eigenvalue weighted by Gasteiger charge is -2.22. The molecule has 0 aromatic heterocycles. The summed E-state index contributed by atoms with van der Waals surface area (Å²) in [4.78, 5) is 0. The average Bonchev–Trinajstić information content (AvgIpc) is 2.23. The number of hydrogen-bond donors (Lipinski definition) is 1. The van der Waals surface area contributed by atoms with Gasteiger partial charge in [0.2, 0.25) is 0 Å². The third kappa shape index (κ3) is 2.15. The van der Waals surface area contributed by atoms with Crippen LogP contribution in [0, 0.1) is 6.92 Å². The van der Waals surface area contributed by atoms with Crippen LogP contribution >= 0.6 is 8.73 Å². The molecule has 1 aromatic carbocycles. The summed E-state index contributed by atoms with van der Waals surface area (Å²) in [5, 5.41) is 1.37. The van der Waals surface area contributed by atoms with Crippen molar-refractivity contribution in [3.8, 4) is 0 Å². The number of hydrogen-bond acceptors (Lipinski definition) is 2. The molecule has 0 saturated heterocycles. The van der Waals surface area contributed by atoms with Crippen molar-refractivity contribution in [1.29, 1.82) is 0 Å². The highest BCUT2D eigenvalue weighted by molar-refractivity contribution is 7.44. The van der Waals surface area contributed by atoms with Crippen LogP contribution < -0.4 is 10.7 Å². The molecule has 0 radical (unpaired) electrons. The van der Waals surface area contributed by atoms with Crippen LogP contribution in [0.15, 0.2) is 48.8 Å². The molecule has 0 aliphatic carbocycles. The van der Waals surface area contributed by atoms with Gasteiger partial charge in [0.25, 0.3) is 0 Å². The highest BCUT2D eigenvalue weighted by Gasteiger charge is 2.02. The van der Waals surface area contributed by atoms with Crippen LogP contribution in [-0.4, -0.2) is 4.78 Å². The van der Waals surface area contributed by atoms with E-state index in [0.717, 1.165) is 0 Å². The highest BCUT2D eigenvalue weighted by atomic mass is 31.1. The number of rotatable bonds is 2. The summed E-state index contributed by atoms with van der Waals surface area (Å²) in [7, 11) is 0.637. The van der Waals surface area contributed by atoms with Gasteiger partial charge in [-0.1, -0.05) is 24.3 Å². The van der Waals surface area contributed by atoms with Crippen LogP contribution in [0.3, 0.4) is 0 Å². The zero-order valence-electron chi connectivity index (χ0n) is 8.07. The first-order valence-corrected chi connectivity index (χ1v) is 5.52. The molecule has 1 unspecified atom stereocenters. The molecule has 0 fully saturated rings. The molecular weight excluding hydrogens is 191 g/mol. The Hall–Kier alpha value is -1.27. The normalized spacial score (nSPS) is 15.1. The number of benzene rings is 1. The van der Waals surface area contributed by atoms with E-state index in [1.807, 2.05) is 24.6 Å². The van der Waals surface area contributed by atoms with Gasteiger partial charge in [0.1, 0.15) is 0 Å². The Kier molecular flexibility index (Phi) is 2.85. The van der Waals surface area contributed by atoms with Crippen LogP contribution in [0.2, 0.25) is 0 Å². The molecule has 72 valence electrons. The largest absolute Gasteiger partial charge is 0.303 e. The number of hydrazine groups is 1. The first kappa shape index (κ1) is 9.29. The zero-order chi connectivity index (χ0) is 9.80. The predicted octanol–water partition coefficient (Wildman–Crippen LogP) is 2.06. The Labute approximate surface area is 86.1 Å². The molecule has 1 aromatic rings. The Morgan fingerprint density at radius 1 is 1.21 bits per heavy atom. The summed E-state index contributed by atoms with van der Waals surface area (Å²) in [6.07, 6.45) is 8.00. The molecule has 0 spiro atoms. The molecule has 14 heavy (non-hydrogen) atoms. The zero-order valence-corrected chi connectivity index (χ0v) is 9.07. The summed E-state index contributed by atoms with van der Waals surface area (Å²) in [6, 6.07) is 8.47. The van der Waals surface area contributed by atoms with Gasteiger partial charge in [-0.05, 0) is 29.9 Å². The molecule has 2 nitrogen and oxygen atoms in total. The maximum Gasteiger partial charge on any atom is 0.0319 e. The summed E-state index contributed by atoms with van der Waals surface area (Å²) in [5.74, 6) is 0. The van der Waals surface area contributed by atoms with E-state index in [1.54, 1.807) is 0 Å². The lowest BCUT2D eigenvalue weighted by Crippen LogP contribution is -2.25. The molecule has 2 rings (SSSR count). The fourth-order valence-corrected chi connectivity index (χ4v) is 2.25. The molecule has 0 bridgehead atoms. The molecule has 0 saturated carbocycles. The maximum absolute atomic E-state index is 3.17. The van der Waals surface area contributed by atoms with Crippen LogP contribution in [0.25, 0.3) is 0 Å². The van der Waals surface area contributed by atoms with E-state index in [0.29, 0.717) is 8.73 Å². The van der Waals surface area contributed by atoms with Gasteiger partial charge in [-0.2, -0.15) is 0 Å². The first-order chi connectivity index (χ1) is 6.86. The second-order valence-corrected chi connectivity index (χ2v) is 4.37. The fourth-order valence-electron chi connectivity index (χ4n) is 1.26. The number of allylic oxidation sites excluding steroid dienone is 2. The van der Waals surface area contributed by atoms with E-state index in [1.165, 1.54) is 10.9 Å². The van der Waals surface area contributed by atoms with Crippen molar-refractivity contribution in [3.63, 3.8) is 0 Å². The summed E-state index contributed by atoms with van der Waals surface area (Å²) in [6.45, 7) is 2.14. The maximum atomic E-state index is 3.17. The predicted molar refractivity (Wildman–Crippen MR) is 62.4 cm³/mol. The van der Waals surface area contributed by atoms with Crippen LogP contribution in [0.1, 0.15) is 5.56 Å². The van der Waals surface area contributed by atoms with Crippen molar-refractivity contribution in [2.45, 2.75) is 6.92 Å². The van der Waals surface area contributed by atoms with Gasteiger partial charge in [-0.3, -0.25) is 4.78 Å². The minimum absolute atomic E-state index is 0.637. The molecule has 1 aliphatic rings. The Morgan fingerprint density at radius 3 is 2.79 bits per heavy atom. The Morgan fingerprint density at radius 2 is 2.07 bits per heavy atom. The topological polar surface area (TPSA) is 15.3 Å². The third-order valence-corrected chi connectivity index (χ3v) is 3.36. The smallest absolute Gasteiger partial charge is 0.0319 e. The van der Waals surface area contributed by atoms with Crippen molar-refractivity contribution < 1.29 is 0 Å². The third-order valence-electron chi connectivity index (χ3n) is 2.04. The fraction of sp³-hybridized carbons (Fsp3) is 0.0909. The molecule has 1 atom stereocenters. The van der Waals surface area contributed by atoms with Crippen molar-refractivity contribution in [2.75, 3.05) is 0 Å². The molecule has 3 heteroatoms. The van der Waals surface area contributed by atoms with Crippen LogP contribution in [0.4, 0.5) is 0 Å². The van der Waals surface area contributed by atoms with E-state index in [9.17, 15) is 0 Å². The van der Waals surface area contributed by atoms with Crippen molar-refractivity contribution >= 4 is 14.0 Å². The molecule has 0 amide bonds. The Bertz CT molecular complexity index is 371. The minimum atomic E-state index is 0.637. The SMILES string of the molecule is Cc1ccccc1PN1C=CC=CN1. The summed E-state index contributed by atoms with van der Waals surface area (Å²) < 4.78 is 2.09. The van der Waals surface area contributed by atoms with E-state index in [2.05, 4.69) is 41.4 Å². The second-order valence-electron chi connectivity index (χ2n) is 3.13. The molecular formula is C11H13N2P. The lowest BCUT2D eigenvalue weighted by molar-refractivity contribution is 0.528. The van der Waals surface area contributed by atoms with Crippen molar-refractivity contribution in [1.82, 2.24) is 10.2 Å². The monoisotopic (exact) mass is 204 g/mol. The highest BCUT2D eigenvalue weighted by Crippen LogP contribution is 2.18. The van der Waals surface area contributed by atoms with Crippen molar-refractivity contribution in [2.24, 2.45) is 0 Å². The van der Waals surface area contributed by atoms with Gasteiger partial charge >= 0.3 is 0 Å². The van der Waals surface area contributed by atoms with E-state index < -0.39 is 0 Å². The van der Waals surface area contributed by atoms with Gasteiger partial charge in [-0.15, -0.1) is 0 Å². The van der Waals surface area contributed by atoms with Gasteiger partial charge in [0, 0.05) is 21.1 Å². The summed E-state index contributed by atoms with van der Waals surface area (Å²) >= 11 is 0. The lowest BCUT2D eigenvalue weighted by atomic mass is 10.2. The van der Waals surface area contributed by atoms with Gasteiger partial charge < -0.3 is 5.43 Å². The van der Waals surface area contributed by atoms with E-state index in [4.69, 9.17) is 0 Å². The van der Waals surface area contributed by atoms with Crippen LogP contribution in [0.5, 0.6) is 0 Å². The summed E-state index contributed by atoms with van der Waals surface area (Å²) in [5.41, 5.74) is 4.52. The van der Waals surface area contributed by atoms with E-state index >= 15 is 0 Å².